The molecule has 0 aliphatic carbocycles. The van der Waals surface area contributed by atoms with Crippen molar-refractivity contribution in [3.8, 4) is 11.3 Å². The first-order valence-corrected chi connectivity index (χ1v) is 4.36. The molecule has 0 N–H and O–H groups in total. The molecule has 0 unspecified atom stereocenters. The van der Waals surface area contributed by atoms with Crippen LogP contribution in [0.5, 0.6) is 0 Å². The second-order valence-corrected chi connectivity index (χ2v) is 3.14. The minimum Gasteiger partial charge on any atom is -0.305 e. The van der Waals surface area contributed by atoms with Gasteiger partial charge in [-0.2, -0.15) is 0 Å². The van der Waals surface area contributed by atoms with E-state index >= 15 is 0 Å². The molecule has 0 spiro atoms. The fourth-order valence-corrected chi connectivity index (χ4v) is 1.25. The Labute approximate surface area is 102 Å². The standard InChI is InChI=1S/C12H9FN.Ir/c1-9-6-7-14-12(8-9)10-2-4-11(13)5-3-10;/h2,4-8H,1H3;/q-1;. The van der Waals surface area contributed by atoms with E-state index < -0.39 is 0 Å². The summed E-state index contributed by atoms with van der Waals surface area (Å²) in [5.74, 6) is -0.276. The Morgan fingerprint density at radius 2 is 2.07 bits per heavy atom. The molecular formula is C12H9FIrN-. The largest absolute Gasteiger partial charge is 0.305 e. The zero-order valence-electron chi connectivity index (χ0n) is 8.12. The predicted octanol–water partition coefficient (Wildman–Crippen LogP) is 2.99. The van der Waals surface area contributed by atoms with Crippen LogP contribution in [0.1, 0.15) is 5.56 Å². The molecule has 0 amide bonds. The molecule has 1 heterocycles. The molecule has 0 saturated heterocycles. The molecule has 0 bridgehead atoms. The quantitative estimate of drug-likeness (QED) is 0.696. The van der Waals surface area contributed by atoms with E-state index in [2.05, 4.69) is 11.1 Å². The van der Waals surface area contributed by atoms with Crippen molar-refractivity contribution in [3.63, 3.8) is 0 Å². The van der Waals surface area contributed by atoms with Crippen LogP contribution in [0.25, 0.3) is 11.3 Å². The maximum atomic E-state index is 12.6. The average Bonchev–Trinajstić information content (AvgIpc) is 2.19. The molecule has 0 atom stereocenters. The number of aromatic nitrogens is 1. The zero-order chi connectivity index (χ0) is 9.97. The molecule has 0 aliphatic heterocycles. The summed E-state index contributed by atoms with van der Waals surface area (Å²) in [7, 11) is 0. The number of hydrogen-bond acceptors (Lipinski definition) is 1. The van der Waals surface area contributed by atoms with Crippen molar-refractivity contribution in [2.24, 2.45) is 0 Å². The van der Waals surface area contributed by atoms with Crippen LogP contribution in [0.4, 0.5) is 4.39 Å². The van der Waals surface area contributed by atoms with Crippen molar-refractivity contribution in [2.45, 2.75) is 6.92 Å². The van der Waals surface area contributed by atoms with Crippen molar-refractivity contribution < 1.29 is 24.5 Å². The summed E-state index contributed by atoms with van der Waals surface area (Å²) in [6.45, 7) is 1.99. The zero-order valence-corrected chi connectivity index (χ0v) is 10.5. The number of pyridine rings is 1. The van der Waals surface area contributed by atoms with Gasteiger partial charge in [0, 0.05) is 32.1 Å². The molecule has 0 aliphatic rings. The Morgan fingerprint density at radius 3 is 2.67 bits per heavy atom. The van der Waals surface area contributed by atoms with Crippen molar-refractivity contribution >= 4 is 0 Å². The van der Waals surface area contributed by atoms with Gasteiger partial charge in [-0.1, -0.05) is 11.6 Å². The summed E-state index contributed by atoms with van der Waals surface area (Å²) in [6, 6.07) is 11.1. The molecule has 2 rings (SSSR count). The van der Waals surface area contributed by atoms with Crippen molar-refractivity contribution in [1.82, 2.24) is 4.98 Å². The number of rotatable bonds is 1. The van der Waals surface area contributed by atoms with Gasteiger partial charge in [0.05, 0.1) is 0 Å². The summed E-state index contributed by atoms with van der Waals surface area (Å²) < 4.78 is 12.6. The van der Waals surface area contributed by atoms with Gasteiger partial charge in [-0.15, -0.1) is 29.8 Å². The molecular weight excluding hydrogens is 369 g/mol. The average molecular weight is 378 g/mol. The monoisotopic (exact) mass is 379 g/mol. The Balaban J connectivity index is 0.00000112. The van der Waals surface area contributed by atoms with Gasteiger partial charge in [0.15, 0.2) is 0 Å². The molecule has 2 aromatic rings. The van der Waals surface area contributed by atoms with Crippen LogP contribution in [0.15, 0.2) is 36.5 Å². The fraction of sp³-hybridized carbons (Fsp3) is 0.0833. The van der Waals surface area contributed by atoms with Gasteiger partial charge in [0.1, 0.15) is 0 Å². The van der Waals surface area contributed by atoms with E-state index in [9.17, 15) is 4.39 Å². The number of aryl methyl sites for hydroxylation is 1. The Morgan fingerprint density at radius 1 is 1.27 bits per heavy atom. The van der Waals surface area contributed by atoms with E-state index in [0.717, 1.165) is 16.8 Å². The maximum absolute atomic E-state index is 12.6. The van der Waals surface area contributed by atoms with Crippen LogP contribution in [0, 0.1) is 18.8 Å². The maximum Gasteiger partial charge on any atom is 0.0379 e. The van der Waals surface area contributed by atoms with Gasteiger partial charge < -0.3 is 4.98 Å². The summed E-state index contributed by atoms with van der Waals surface area (Å²) in [4.78, 5) is 4.19. The van der Waals surface area contributed by atoms with E-state index in [1.807, 2.05) is 19.1 Å². The van der Waals surface area contributed by atoms with E-state index in [0.29, 0.717) is 0 Å². The molecule has 15 heavy (non-hydrogen) atoms. The second-order valence-electron chi connectivity index (χ2n) is 3.14. The number of benzene rings is 1. The fourth-order valence-electron chi connectivity index (χ4n) is 1.25. The second kappa shape index (κ2) is 5.15. The molecule has 1 radical (unpaired) electrons. The molecule has 0 saturated carbocycles. The Hall–Kier alpha value is -1.05. The van der Waals surface area contributed by atoms with Crippen molar-refractivity contribution in [3.05, 3.63) is 54.0 Å². The SMILES string of the molecule is Cc1ccnc(-c2[c-]cc(F)cc2)c1.[Ir]. The first kappa shape index (κ1) is 12.0. The van der Waals surface area contributed by atoms with Crippen LogP contribution in [-0.4, -0.2) is 4.98 Å². The van der Waals surface area contributed by atoms with Crippen LogP contribution >= 0.6 is 0 Å². The van der Waals surface area contributed by atoms with Gasteiger partial charge in [-0.05, 0) is 18.7 Å². The third-order valence-electron chi connectivity index (χ3n) is 1.97. The first-order valence-electron chi connectivity index (χ1n) is 4.36. The van der Waals surface area contributed by atoms with Gasteiger partial charge in [0.25, 0.3) is 0 Å². The summed E-state index contributed by atoms with van der Waals surface area (Å²) >= 11 is 0. The molecule has 79 valence electrons. The van der Waals surface area contributed by atoms with Crippen molar-refractivity contribution in [1.29, 1.82) is 0 Å². The molecule has 3 heteroatoms. The number of hydrogen-bond donors (Lipinski definition) is 0. The van der Waals surface area contributed by atoms with E-state index in [1.165, 1.54) is 12.1 Å². The Bertz CT molecular complexity index is 440. The van der Waals surface area contributed by atoms with E-state index in [1.54, 1.807) is 12.3 Å². The topological polar surface area (TPSA) is 12.9 Å². The first-order chi connectivity index (χ1) is 6.75. The minimum atomic E-state index is -0.276. The van der Waals surface area contributed by atoms with Crippen molar-refractivity contribution in [2.75, 3.05) is 0 Å². The van der Waals surface area contributed by atoms with Crippen LogP contribution in [0.3, 0.4) is 0 Å². The van der Waals surface area contributed by atoms with Gasteiger partial charge in [0.2, 0.25) is 0 Å². The van der Waals surface area contributed by atoms with Crippen LogP contribution in [-0.2, 0) is 20.1 Å². The molecule has 1 aromatic heterocycles. The van der Waals surface area contributed by atoms with E-state index in [-0.39, 0.29) is 25.9 Å². The molecule has 0 fully saturated rings. The van der Waals surface area contributed by atoms with Crippen LogP contribution < -0.4 is 0 Å². The van der Waals surface area contributed by atoms with Crippen LogP contribution in [0.2, 0.25) is 0 Å². The normalized spacial score (nSPS) is 9.47. The predicted molar refractivity (Wildman–Crippen MR) is 53.2 cm³/mol. The third kappa shape index (κ3) is 2.95. The molecule has 1 aromatic carbocycles. The van der Waals surface area contributed by atoms with Gasteiger partial charge in [-0.25, -0.2) is 0 Å². The third-order valence-corrected chi connectivity index (χ3v) is 1.97. The smallest absolute Gasteiger partial charge is 0.0379 e. The number of nitrogens with zero attached hydrogens (tertiary/aromatic N) is 1. The summed E-state index contributed by atoms with van der Waals surface area (Å²) in [6.07, 6.45) is 1.74. The van der Waals surface area contributed by atoms with Gasteiger partial charge >= 0.3 is 0 Å². The number of halogens is 1. The summed E-state index contributed by atoms with van der Waals surface area (Å²) in [5, 5.41) is 0. The summed E-state index contributed by atoms with van der Waals surface area (Å²) in [5.41, 5.74) is 2.77. The minimum absolute atomic E-state index is 0. The van der Waals surface area contributed by atoms with Gasteiger partial charge in [-0.3, -0.25) is 4.39 Å². The van der Waals surface area contributed by atoms with E-state index in [4.69, 9.17) is 0 Å². The Kier molecular flexibility index (Phi) is 4.13. The molecule has 1 nitrogen and oxygen atoms in total.